The summed E-state index contributed by atoms with van der Waals surface area (Å²) >= 11 is 0. The summed E-state index contributed by atoms with van der Waals surface area (Å²) in [6.45, 7) is 9.85. The Morgan fingerprint density at radius 3 is 2.68 bits per heavy atom. The molecule has 0 saturated carbocycles. The molecule has 22 heavy (non-hydrogen) atoms. The van der Waals surface area contributed by atoms with E-state index >= 15 is 0 Å². The van der Waals surface area contributed by atoms with Crippen LogP contribution in [-0.4, -0.2) is 58.7 Å². The molecule has 1 aliphatic rings. The molecule has 0 radical (unpaired) electrons. The first-order valence-electron chi connectivity index (χ1n) is 8.23. The average Bonchev–Trinajstić information content (AvgIpc) is 2.79. The minimum absolute atomic E-state index is 0.155. The van der Waals surface area contributed by atoms with E-state index < -0.39 is 9.84 Å². The smallest absolute Gasteiger partial charge is 0.191 e. The number of hydrogen-bond donors (Lipinski definition) is 2. The van der Waals surface area contributed by atoms with Crippen molar-refractivity contribution in [3.63, 3.8) is 0 Å². The lowest BCUT2D eigenvalue weighted by Gasteiger charge is -2.13. The molecule has 7 heteroatoms. The van der Waals surface area contributed by atoms with E-state index in [0.29, 0.717) is 31.4 Å². The van der Waals surface area contributed by atoms with Gasteiger partial charge in [-0.1, -0.05) is 13.8 Å². The third kappa shape index (κ3) is 8.58. The zero-order valence-corrected chi connectivity index (χ0v) is 14.9. The maximum Gasteiger partial charge on any atom is 0.191 e. The topological polar surface area (TPSA) is 79.8 Å². The Labute approximate surface area is 135 Å². The number of sulfone groups is 1. The fraction of sp³-hybridized carbons (Fsp3) is 0.933. The number of rotatable bonds is 9. The lowest BCUT2D eigenvalue weighted by Crippen LogP contribution is -2.39. The van der Waals surface area contributed by atoms with Gasteiger partial charge in [0.25, 0.3) is 0 Å². The third-order valence-corrected chi connectivity index (χ3v) is 5.39. The normalized spacial score (nSPS) is 21.3. The Hall–Kier alpha value is -0.820. The van der Waals surface area contributed by atoms with Gasteiger partial charge in [-0.05, 0) is 31.6 Å². The highest BCUT2D eigenvalue weighted by molar-refractivity contribution is 7.91. The molecule has 0 aromatic heterocycles. The molecule has 0 aromatic rings. The van der Waals surface area contributed by atoms with Gasteiger partial charge in [0.15, 0.2) is 15.8 Å². The van der Waals surface area contributed by atoms with Crippen molar-refractivity contribution in [3.05, 3.63) is 0 Å². The van der Waals surface area contributed by atoms with Gasteiger partial charge in [0, 0.05) is 26.2 Å². The predicted octanol–water partition coefficient (Wildman–Crippen LogP) is 1.04. The number of hydrogen-bond acceptors (Lipinski definition) is 4. The summed E-state index contributed by atoms with van der Waals surface area (Å²) in [5, 5.41) is 6.39. The number of aliphatic imine (C=N–C) groups is 1. The van der Waals surface area contributed by atoms with E-state index in [2.05, 4.69) is 29.5 Å². The van der Waals surface area contributed by atoms with Crippen molar-refractivity contribution < 1.29 is 13.2 Å². The van der Waals surface area contributed by atoms with Crippen LogP contribution in [0.2, 0.25) is 0 Å². The van der Waals surface area contributed by atoms with E-state index in [-0.39, 0.29) is 11.7 Å². The number of ether oxygens (including phenoxy) is 1. The minimum Gasteiger partial charge on any atom is -0.380 e. The molecule has 6 nitrogen and oxygen atoms in total. The molecule has 1 fully saturated rings. The largest absolute Gasteiger partial charge is 0.380 e. The second-order valence-electron chi connectivity index (χ2n) is 6.21. The molecule has 1 unspecified atom stereocenters. The van der Waals surface area contributed by atoms with Crippen LogP contribution < -0.4 is 10.6 Å². The molecule has 1 aliphatic heterocycles. The Morgan fingerprint density at radius 2 is 2.09 bits per heavy atom. The van der Waals surface area contributed by atoms with E-state index in [1.807, 2.05) is 6.92 Å². The maximum absolute atomic E-state index is 11.4. The van der Waals surface area contributed by atoms with Crippen LogP contribution in [0.25, 0.3) is 0 Å². The first-order chi connectivity index (χ1) is 10.4. The summed E-state index contributed by atoms with van der Waals surface area (Å²) < 4.78 is 28.4. The van der Waals surface area contributed by atoms with Crippen LogP contribution in [0, 0.1) is 11.8 Å². The SMILES string of the molecule is CCNC(=NCC1CCS(=O)(=O)C1)NCCOCCC(C)C. The van der Waals surface area contributed by atoms with Crippen molar-refractivity contribution in [2.24, 2.45) is 16.8 Å². The van der Waals surface area contributed by atoms with Crippen molar-refractivity contribution in [1.82, 2.24) is 10.6 Å². The van der Waals surface area contributed by atoms with Gasteiger partial charge in [0.1, 0.15) is 0 Å². The zero-order chi connectivity index (χ0) is 16.4. The molecular weight excluding hydrogens is 302 g/mol. The third-order valence-electron chi connectivity index (χ3n) is 3.56. The summed E-state index contributed by atoms with van der Waals surface area (Å²) in [5.74, 6) is 2.13. The van der Waals surface area contributed by atoms with Crippen LogP contribution in [0.4, 0.5) is 0 Å². The molecule has 0 amide bonds. The van der Waals surface area contributed by atoms with E-state index in [0.717, 1.165) is 32.0 Å². The molecule has 1 heterocycles. The number of guanidine groups is 1. The van der Waals surface area contributed by atoms with Crippen molar-refractivity contribution in [2.75, 3.05) is 44.4 Å². The first kappa shape index (κ1) is 19.2. The average molecular weight is 333 g/mol. The van der Waals surface area contributed by atoms with Crippen molar-refractivity contribution in [3.8, 4) is 0 Å². The highest BCUT2D eigenvalue weighted by atomic mass is 32.2. The van der Waals surface area contributed by atoms with Crippen LogP contribution in [0.3, 0.4) is 0 Å². The molecule has 0 aliphatic carbocycles. The molecule has 0 aromatic carbocycles. The van der Waals surface area contributed by atoms with Gasteiger partial charge < -0.3 is 15.4 Å². The molecule has 1 atom stereocenters. The fourth-order valence-corrected chi connectivity index (χ4v) is 4.09. The Morgan fingerprint density at radius 1 is 1.32 bits per heavy atom. The summed E-state index contributed by atoms with van der Waals surface area (Å²) in [6, 6.07) is 0. The van der Waals surface area contributed by atoms with Gasteiger partial charge in [-0.15, -0.1) is 0 Å². The minimum atomic E-state index is -2.82. The van der Waals surface area contributed by atoms with Crippen LogP contribution >= 0.6 is 0 Å². The monoisotopic (exact) mass is 333 g/mol. The lowest BCUT2D eigenvalue weighted by molar-refractivity contribution is 0.128. The van der Waals surface area contributed by atoms with Gasteiger partial charge in [0.2, 0.25) is 0 Å². The van der Waals surface area contributed by atoms with Gasteiger partial charge >= 0.3 is 0 Å². The highest BCUT2D eigenvalue weighted by Crippen LogP contribution is 2.18. The molecule has 1 rings (SSSR count). The molecule has 2 N–H and O–H groups in total. The van der Waals surface area contributed by atoms with Gasteiger partial charge in [-0.2, -0.15) is 0 Å². The Bertz CT molecular complexity index is 435. The highest BCUT2D eigenvalue weighted by Gasteiger charge is 2.27. The summed E-state index contributed by atoms with van der Waals surface area (Å²) in [4.78, 5) is 4.48. The zero-order valence-electron chi connectivity index (χ0n) is 14.1. The second-order valence-corrected chi connectivity index (χ2v) is 8.44. The van der Waals surface area contributed by atoms with Crippen LogP contribution in [0.15, 0.2) is 4.99 Å². The number of nitrogens with one attached hydrogen (secondary N) is 2. The Balaban J connectivity index is 2.24. The van der Waals surface area contributed by atoms with Gasteiger partial charge in [-0.3, -0.25) is 4.99 Å². The lowest BCUT2D eigenvalue weighted by atomic mass is 10.1. The van der Waals surface area contributed by atoms with Gasteiger partial charge in [-0.25, -0.2) is 8.42 Å². The summed E-state index contributed by atoms with van der Waals surface area (Å²) in [7, 11) is -2.82. The maximum atomic E-state index is 11.4. The van der Waals surface area contributed by atoms with Crippen LogP contribution in [0.1, 0.15) is 33.6 Å². The van der Waals surface area contributed by atoms with Crippen LogP contribution in [-0.2, 0) is 14.6 Å². The Kier molecular flexibility index (Phi) is 8.78. The summed E-state index contributed by atoms with van der Waals surface area (Å²) in [5.41, 5.74) is 0. The van der Waals surface area contributed by atoms with Crippen molar-refractivity contribution in [2.45, 2.75) is 33.6 Å². The predicted molar refractivity (Wildman–Crippen MR) is 91.0 cm³/mol. The molecule has 0 spiro atoms. The molecule has 0 bridgehead atoms. The van der Waals surface area contributed by atoms with Gasteiger partial charge in [0.05, 0.1) is 18.1 Å². The molecule has 130 valence electrons. The quantitative estimate of drug-likeness (QED) is 0.374. The first-order valence-corrected chi connectivity index (χ1v) is 10.1. The molecular formula is C15H31N3O3S. The summed E-state index contributed by atoms with van der Waals surface area (Å²) in [6.07, 6.45) is 1.80. The van der Waals surface area contributed by atoms with E-state index in [4.69, 9.17) is 4.74 Å². The van der Waals surface area contributed by atoms with Crippen molar-refractivity contribution in [1.29, 1.82) is 0 Å². The fourth-order valence-electron chi connectivity index (χ4n) is 2.24. The standard InChI is InChI=1S/C15H31N3O3S/c1-4-16-15(17-7-9-21-8-5-13(2)3)18-11-14-6-10-22(19,20)12-14/h13-14H,4-12H2,1-3H3,(H2,16,17,18). The number of nitrogens with zero attached hydrogens (tertiary/aromatic N) is 1. The van der Waals surface area contributed by atoms with E-state index in [1.165, 1.54) is 0 Å². The van der Waals surface area contributed by atoms with E-state index in [1.54, 1.807) is 0 Å². The van der Waals surface area contributed by atoms with Crippen LogP contribution in [0.5, 0.6) is 0 Å². The second kappa shape index (κ2) is 10.0. The van der Waals surface area contributed by atoms with E-state index in [9.17, 15) is 8.42 Å². The molecule has 1 saturated heterocycles. The van der Waals surface area contributed by atoms with Crippen molar-refractivity contribution >= 4 is 15.8 Å².